The van der Waals surface area contributed by atoms with Gasteiger partial charge in [-0.2, -0.15) is 5.10 Å². The first-order valence-corrected chi connectivity index (χ1v) is 8.96. The number of alkyl halides is 1. The summed E-state index contributed by atoms with van der Waals surface area (Å²) in [5, 5.41) is 21.7. The topological polar surface area (TPSA) is 81.2 Å². The van der Waals surface area contributed by atoms with Crippen LogP contribution in [0, 0.1) is 0 Å². The van der Waals surface area contributed by atoms with Crippen LogP contribution in [0.4, 0.5) is 15.0 Å². The van der Waals surface area contributed by atoms with Crippen molar-refractivity contribution in [2.75, 3.05) is 18.4 Å². The lowest BCUT2D eigenvalue weighted by atomic mass is 9.84. The molecule has 0 radical (unpaired) electrons. The standard InChI is InChI=1S/C20H21FN4O2/c21-13-14-4-3-5-15(12-14)20(27)8-10-25(11-9-20)19(26)22-18-16-6-1-2-7-17(16)23-24-18/h1-7,12,27H,8-11,13H2,(H2,22,23,24,26). The lowest BCUT2D eigenvalue weighted by Crippen LogP contribution is -2.46. The van der Waals surface area contributed by atoms with Gasteiger partial charge in [-0.15, -0.1) is 0 Å². The molecule has 7 heteroatoms. The van der Waals surface area contributed by atoms with Gasteiger partial charge in [0, 0.05) is 18.5 Å². The number of nitrogens with zero attached hydrogens (tertiary/aromatic N) is 2. The van der Waals surface area contributed by atoms with Gasteiger partial charge in [0.05, 0.1) is 11.1 Å². The lowest BCUT2D eigenvalue weighted by molar-refractivity contribution is -0.0157. The number of aromatic nitrogens is 2. The zero-order valence-electron chi connectivity index (χ0n) is 14.8. The maximum Gasteiger partial charge on any atom is 0.323 e. The zero-order valence-corrected chi connectivity index (χ0v) is 14.8. The minimum atomic E-state index is -1.04. The lowest BCUT2D eigenvalue weighted by Gasteiger charge is -2.38. The van der Waals surface area contributed by atoms with Crippen molar-refractivity contribution in [3.8, 4) is 0 Å². The van der Waals surface area contributed by atoms with Crippen LogP contribution < -0.4 is 5.32 Å². The van der Waals surface area contributed by atoms with Crippen LogP contribution in [0.5, 0.6) is 0 Å². The number of hydrogen-bond acceptors (Lipinski definition) is 3. The van der Waals surface area contributed by atoms with E-state index < -0.39 is 12.3 Å². The molecule has 6 nitrogen and oxygen atoms in total. The summed E-state index contributed by atoms with van der Waals surface area (Å²) >= 11 is 0. The van der Waals surface area contributed by atoms with Gasteiger partial charge < -0.3 is 10.0 Å². The van der Waals surface area contributed by atoms with Crippen LogP contribution in [-0.2, 0) is 12.3 Å². The van der Waals surface area contributed by atoms with E-state index in [4.69, 9.17) is 0 Å². The second-order valence-electron chi connectivity index (χ2n) is 6.90. The van der Waals surface area contributed by atoms with E-state index in [1.165, 1.54) is 0 Å². The summed E-state index contributed by atoms with van der Waals surface area (Å²) in [6.07, 6.45) is 0.801. The van der Waals surface area contributed by atoms with Crippen molar-refractivity contribution < 1.29 is 14.3 Å². The Bertz CT molecular complexity index is 963. The van der Waals surface area contributed by atoms with Gasteiger partial charge >= 0.3 is 6.03 Å². The summed E-state index contributed by atoms with van der Waals surface area (Å²) in [5.74, 6) is 0.493. The number of halogens is 1. The molecule has 4 rings (SSSR count). The highest BCUT2D eigenvalue weighted by molar-refractivity contribution is 5.98. The number of nitrogens with one attached hydrogen (secondary N) is 2. The molecule has 0 unspecified atom stereocenters. The SMILES string of the molecule is O=C(Nc1n[nH]c2ccccc12)N1CCC(O)(c2cccc(CF)c2)CC1. The molecular formula is C20H21FN4O2. The van der Waals surface area contributed by atoms with Crippen LogP contribution in [0.1, 0.15) is 24.0 Å². The van der Waals surface area contributed by atoms with E-state index in [0.717, 1.165) is 10.9 Å². The smallest absolute Gasteiger partial charge is 0.323 e. The number of anilines is 1. The molecule has 3 N–H and O–H groups in total. The third-order valence-corrected chi connectivity index (χ3v) is 5.19. The van der Waals surface area contributed by atoms with Crippen LogP contribution in [-0.4, -0.2) is 39.3 Å². The van der Waals surface area contributed by atoms with Crippen LogP contribution in [0.2, 0.25) is 0 Å². The van der Waals surface area contributed by atoms with E-state index in [9.17, 15) is 14.3 Å². The van der Waals surface area contributed by atoms with Crippen LogP contribution in [0.15, 0.2) is 48.5 Å². The molecule has 1 aliphatic heterocycles. The number of H-pyrrole nitrogens is 1. The van der Waals surface area contributed by atoms with E-state index >= 15 is 0 Å². The highest BCUT2D eigenvalue weighted by atomic mass is 19.1. The summed E-state index contributed by atoms with van der Waals surface area (Å²) in [5.41, 5.74) is 1.07. The largest absolute Gasteiger partial charge is 0.385 e. The highest BCUT2D eigenvalue weighted by Gasteiger charge is 2.35. The Balaban J connectivity index is 1.43. The Morgan fingerprint density at radius 3 is 2.78 bits per heavy atom. The van der Waals surface area contributed by atoms with E-state index in [1.807, 2.05) is 30.3 Å². The minimum Gasteiger partial charge on any atom is -0.385 e. The van der Waals surface area contributed by atoms with Gasteiger partial charge in [0.2, 0.25) is 0 Å². The van der Waals surface area contributed by atoms with Gasteiger partial charge in [0.1, 0.15) is 6.67 Å². The minimum absolute atomic E-state index is 0.244. The molecule has 1 fully saturated rings. The number of aromatic amines is 1. The molecule has 140 valence electrons. The van der Waals surface area contributed by atoms with E-state index in [1.54, 1.807) is 23.1 Å². The second-order valence-corrected chi connectivity index (χ2v) is 6.90. The van der Waals surface area contributed by atoms with E-state index in [-0.39, 0.29) is 6.03 Å². The quantitative estimate of drug-likeness (QED) is 0.661. The number of carbonyl (C=O) groups is 1. The number of fused-ring (bicyclic) bond motifs is 1. The zero-order chi connectivity index (χ0) is 18.9. The molecule has 2 heterocycles. The normalized spacial score (nSPS) is 16.4. The Morgan fingerprint density at radius 2 is 2.00 bits per heavy atom. The van der Waals surface area contributed by atoms with Gasteiger partial charge in [-0.3, -0.25) is 10.4 Å². The van der Waals surface area contributed by atoms with Crippen molar-refractivity contribution in [3.63, 3.8) is 0 Å². The Kier molecular flexibility index (Phi) is 4.53. The molecule has 0 bridgehead atoms. The maximum atomic E-state index is 12.9. The Hall–Kier alpha value is -2.93. The third kappa shape index (κ3) is 3.38. The van der Waals surface area contributed by atoms with Crippen molar-refractivity contribution >= 4 is 22.8 Å². The number of urea groups is 1. The number of piperidine rings is 1. The molecule has 0 spiro atoms. The van der Waals surface area contributed by atoms with Crippen LogP contribution >= 0.6 is 0 Å². The Labute approximate surface area is 156 Å². The first kappa shape index (κ1) is 17.5. The van der Waals surface area contributed by atoms with Gasteiger partial charge in [-0.05, 0) is 36.1 Å². The Morgan fingerprint density at radius 1 is 1.22 bits per heavy atom. The van der Waals surface area contributed by atoms with Crippen molar-refractivity contribution in [3.05, 3.63) is 59.7 Å². The van der Waals surface area contributed by atoms with Crippen molar-refractivity contribution in [1.29, 1.82) is 0 Å². The fourth-order valence-corrected chi connectivity index (χ4v) is 3.55. The molecule has 0 aliphatic carbocycles. The van der Waals surface area contributed by atoms with Gasteiger partial charge in [0.15, 0.2) is 5.82 Å². The molecule has 2 amide bonds. The molecule has 1 aromatic heterocycles. The molecule has 1 saturated heterocycles. The fourth-order valence-electron chi connectivity index (χ4n) is 3.55. The number of benzene rings is 2. The number of para-hydroxylation sites is 1. The molecule has 1 aliphatic rings. The van der Waals surface area contributed by atoms with E-state index in [2.05, 4.69) is 15.5 Å². The molecule has 0 saturated carbocycles. The summed E-state index contributed by atoms with van der Waals surface area (Å²) in [6, 6.07) is 14.3. The number of carbonyl (C=O) groups excluding carboxylic acids is 1. The van der Waals surface area contributed by atoms with Crippen LogP contribution in [0.3, 0.4) is 0 Å². The van der Waals surface area contributed by atoms with Crippen molar-refractivity contribution in [2.24, 2.45) is 0 Å². The molecule has 2 aromatic carbocycles. The monoisotopic (exact) mass is 368 g/mol. The number of rotatable bonds is 3. The molecule has 0 atom stereocenters. The van der Waals surface area contributed by atoms with Crippen LogP contribution in [0.25, 0.3) is 10.9 Å². The van der Waals surface area contributed by atoms with Gasteiger partial charge in [0.25, 0.3) is 0 Å². The summed E-state index contributed by atoms with van der Waals surface area (Å²) < 4.78 is 12.9. The van der Waals surface area contributed by atoms with E-state index in [0.29, 0.717) is 42.9 Å². The number of aliphatic hydroxyl groups is 1. The average molecular weight is 368 g/mol. The summed E-state index contributed by atoms with van der Waals surface area (Å²) in [4.78, 5) is 14.3. The first-order valence-electron chi connectivity index (χ1n) is 8.96. The maximum absolute atomic E-state index is 12.9. The van der Waals surface area contributed by atoms with Crippen molar-refractivity contribution in [2.45, 2.75) is 25.1 Å². The summed E-state index contributed by atoms with van der Waals surface area (Å²) in [6.45, 7) is 0.255. The molecule has 3 aromatic rings. The third-order valence-electron chi connectivity index (χ3n) is 5.19. The highest BCUT2D eigenvalue weighted by Crippen LogP contribution is 2.33. The van der Waals surface area contributed by atoms with Gasteiger partial charge in [-0.25, -0.2) is 9.18 Å². The number of amides is 2. The number of hydrogen-bond donors (Lipinski definition) is 3. The predicted octanol–water partition coefficient (Wildman–Crippen LogP) is 3.55. The average Bonchev–Trinajstić information content (AvgIpc) is 3.11. The molecular weight excluding hydrogens is 347 g/mol. The first-order chi connectivity index (χ1) is 13.1. The fraction of sp³-hybridized carbons (Fsp3) is 0.300. The predicted molar refractivity (Wildman–Crippen MR) is 101 cm³/mol. The van der Waals surface area contributed by atoms with Gasteiger partial charge in [-0.1, -0.05) is 36.4 Å². The van der Waals surface area contributed by atoms with Crippen molar-refractivity contribution in [1.82, 2.24) is 15.1 Å². The second kappa shape index (κ2) is 7.00. The number of likely N-dealkylation sites (tertiary alicyclic amines) is 1. The molecule has 27 heavy (non-hydrogen) atoms. The summed E-state index contributed by atoms with van der Waals surface area (Å²) in [7, 11) is 0.